The van der Waals surface area contributed by atoms with Crippen LogP contribution in [-0.4, -0.2) is 44.7 Å². The van der Waals surface area contributed by atoms with E-state index in [2.05, 4.69) is 20.5 Å². The molecule has 29 heavy (non-hydrogen) atoms. The van der Waals surface area contributed by atoms with Crippen LogP contribution in [0.3, 0.4) is 0 Å². The fourth-order valence-corrected chi connectivity index (χ4v) is 4.24. The Hall–Kier alpha value is -3.07. The van der Waals surface area contributed by atoms with E-state index in [0.29, 0.717) is 31.1 Å². The van der Waals surface area contributed by atoms with Crippen LogP contribution in [0.5, 0.6) is 0 Å². The Morgan fingerprint density at radius 3 is 2.86 bits per heavy atom. The molecule has 1 aliphatic heterocycles. The fourth-order valence-electron chi connectivity index (χ4n) is 3.34. The smallest absolute Gasteiger partial charge is 0.229 e. The average Bonchev–Trinajstić information content (AvgIpc) is 3.43. The topological polar surface area (TPSA) is 93.0 Å². The summed E-state index contributed by atoms with van der Waals surface area (Å²) >= 11 is 1.40. The third-order valence-electron chi connectivity index (χ3n) is 4.95. The van der Waals surface area contributed by atoms with Gasteiger partial charge in [-0.05, 0) is 5.56 Å². The summed E-state index contributed by atoms with van der Waals surface area (Å²) in [6, 6.07) is 10.0. The summed E-state index contributed by atoms with van der Waals surface area (Å²) < 4.78 is 1.93. The highest BCUT2D eigenvalue weighted by Crippen LogP contribution is 2.28. The molecule has 3 heterocycles. The van der Waals surface area contributed by atoms with Crippen molar-refractivity contribution in [3.63, 3.8) is 0 Å². The Morgan fingerprint density at radius 2 is 2.10 bits per heavy atom. The normalized spacial score (nSPS) is 16.4. The van der Waals surface area contributed by atoms with Crippen molar-refractivity contribution in [2.45, 2.75) is 19.3 Å². The highest BCUT2D eigenvalue weighted by atomic mass is 32.1. The monoisotopic (exact) mass is 410 g/mol. The highest BCUT2D eigenvalue weighted by molar-refractivity contribution is 7.15. The van der Waals surface area contributed by atoms with Crippen LogP contribution in [0, 0.1) is 5.92 Å². The van der Waals surface area contributed by atoms with Gasteiger partial charge >= 0.3 is 0 Å². The lowest BCUT2D eigenvalue weighted by Crippen LogP contribution is -2.34. The maximum atomic E-state index is 12.5. The van der Waals surface area contributed by atoms with Gasteiger partial charge in [0.15, 0.2) is 0 Å². The van der Waals surface area contributed by atoms with E-state index in [1.54, 1.807) is 11.1 Å². The molecule has 2 amide bonds. The summed E-state index contributed by atoms with van der Waals surface area (Å²) in [4.78, 5) is 30.7. The molecule has 1 saturated heterocycles. The van der Waals surface area contributed by atoms with E-state index in [4.69, 9.17) is 0 Å². The highest BCUT2D eigenvalue weighted by Gasteiger charge is 2.36. The second-order valence-electron chi connectivity index (χ2n) is 7.04. The maximum Gasteiger partial charge on any atom is 0.229 e. The average molecular weight is 411 g/mol. The summed E-state index contributed by atoms with van der Waals surface area (Å²) in [7, 11) is 1.92. The zero-order valence-electron chi connectivity index (χ0n) is 16.1. The molecule has 4 rings (SSSR count). The fraction of sp³-hybridized carbons (Fsp3) is 0.350. The van der Waals surface area contributed by atoms with Crippen LogP contribution in [-0.2, 0) is 29.5 Å². The molecule has 0 saturated carbocycles. The van der Waals surface area contributed by atoms with E-state index in [-0.39, 0.29) is 24.2 Å². The molecular formula is C20H22N6O2S. The Labute approximate surface area is 172 Å². The first-order chi connectivity index (χ1) is 14.1. The van der Waals surface area contributed by atoms with Crippen LogP contribution in [0.1, 0.15) is 22.8 Å². The minimum atomic E-state index is -0.370. The summed E-state index contributed by atoms with van der Waals surface area (Å²) in [6.45, 7) is 0.835. The Morgan fingerprint density at radius 1 is 1.28 bits per heavy atom. The molecule has 0 aliphatic carbocycles. The number of aryl methyl sites for hydroxylation is 1. The van der Waals surface area contributed by atoms with Gasteiger partial charge in [0.1, 0.15) is 10.8 Å². The van der Waals surface area contributed by atoms with Crippen molar-refractivity contribution in [2.24, 2.45) is 13.0 Å². The lowest BCUT2D eigenvalue weighted by Gasteiger charge is -2.12. The number of aromatic nitrogens is 4. The van der Waals surface area contributed by atoms with Crippen molar-refractivity contribution in [1.82, 2.24) is 25.1 Å². The minimum absolute atomic E-state index is 0.0864. The van der Waals surface area contributed by atoms with Crippen LogP contribution in [0.2, 0.25) is 0 Å². The summed E-state index contributed by atoms with van der Waals surface area (Å²) in [5.41, 5.74) is 1.15. The van der Waals surface area contributed by atoms with Crippen molar-refractivity contribution in [3.8, 4) is 0 Å². The number of rotatable bonds is 7. The second-order valence-corrected chi connectivity index (χ2v) is 8.08. The molecule has 1 aromatic carbocycles. The van der Waals surface area contributed by atoms with Gasteiger partial charge in [0.2, 0.25) is 16.9 Å². The number of carbonyl (C=O) groups excluding carboxylic acids is 2. The molecule has 1 atom stereocenters. The number of hydrogen-bond donors (Lipinski definition) is 1. The van der Waals surface area contributed by atoms with E-state index >= 15 is 0 Å². The van der Waals surface area contributed by atoms with Crippen molar-refractivity contribution in [3.05, 3.63) is 59.1 Å². The molecule has 1 aliphatic rings. The number of nitrogens with one attached hydrogen (secondary N) is 1. The predicted octanol–water partition coefficient (Wildman–Crippen LogP) is 1.57. The molecule has 9 heteroatoms. The molecule has 8 nitrogen and oxygen atoms in total. The molecule has 1 unspecified atom stereocenters. The van der Waals surface area contributed by atoms with Crippen LogP contribution >= 0.6 is 11.3 Å². The first-order valence-electron chi connectivity index (χ1n) is 9.50. The number of carbonyl (C=O) groups is 2. The van der Waals surface area contributed by atoms with Gasteiger partial charge in [0, 0.05) is 51.8 Å². The van der Waals surface area contributed by atoms with Crippen molar-refractivity contribution in [2.75, 3.05) is 18.0 Å². The molecule has 150 valence electrons. The molecule has 0 radical (unpaired) electrons. The van der Waals surface area contributed by atoms with Gasteiger partial charge in [0.25, 0.3) is 0 Å². The van der Waals surface area contributed by atoms with Crippen LogP contribution < -0.4 is 10.2 Å². The summed E-state index contributed by atoms with van der Waals surface area (Å²) in [5, 5.41) is 12.7. The van der Waals surface area contributed by atoms with Gasteiger partial charge in [0.05, 0.1) is 5.92 Å². The first-order valence-corrected chi connectivity index (χ1v) is 10.3. The van der Waals surface area contributed by atoms with Gasteiger partial charge in [-0.2, -0.15) is 0 Å². The zero-order valence-corrected chi connectivity index (χ0v) is 16.9. The number of benzene rings is 1. The Bertz CT molecular complexity index is 999. The number of imidazole rings is 1. The quantitative estimate of drug-likeness (QED) is 0.638. The van der Waals surface area contributed by atoms with E-state index < -0.39 is 0 Å². The lowest BCUT2D eigenvalue weighted by atomic mass is 10.1. The van der Waals surface area contributed by atoms with Crippen molar-refractivity contribution in [1.29, 1.82) is 0 Å². The minimum Gasteiger partial charge on any atom is -0.355 e. The molecule has 2 aromatic heterocycles. The third kappa shape index (κ3) is 4.51. The molecule has 1 N–H and O–H groups in total. The third-order valence-corrected chi connectivity index (χ3v) is 5.90. The van der Waals surface area contributed by atoms with Crippen LogP contribution in [0.4, 0.5) is 5.13 Å². The van der Waals surface area contributed by atoms with Crippen LogP contribution in [0.15, 0.2) is 42.7 Å². The first kappa shape index (κ1) is 19.3. The summed E-state index contributed by atoms with van der Waals surface area (Å²) in [6.07, 6.45) is 5.13. The largest absolute Gasteiger partial charge is 0.355 e. The zero-order chi connectivity index (χ0) is 20.2. The standard InChI is InChI=1S/C20H22N6O2S/c1-25-10-9-21-16(25)7-8-22-19(28)15-12-18(27)26(13-15)20-24-23-17(29-20)11-14-5-3-2-4-6-14/h2-6,9-10,15H,7-8,11-13H2,1H3,(H,22,28). The van der Waals surface area contributed by atoms with E-state index in [0.717, 1.165) is 16.4 Å². The van der Waals surface area contributed by atoms with Gasteiger partial charge in [-0.1, -0.05) is 41.7 Å². The summed E-state index contributed by atoms with van der Waals surface area (Å²) in [5.74, 6) is 0.348. The van der Waals surface area contributed by atoms with E-state index in [9.17, 15) is 9.59 Å². The van der Waals surface area contributed by atoms with E-state index in [1.165, 1.54) is 11.3 Å². The van der Waals surface area contributed by atoms with Gasteiger partial charge < -0.3 is 9.88 Å². The number of amides is 2. The van der Waals surface area contributed by atoms with E-state index in [1.807, 2.05) is 48.1 Å². The number of hydrogen-bond acceptors (Lipinski definition) is 6. The van der Waals surface area contributed by atoms with Gasteiger partial charge in [-0.25, -0.2) is 4.98 Å². The second kappa shape index (κ2) is 8.52. The van der Waals surface area contributed by atoms with Crippen molar-refractivity contribution >= 4 is 28.3 Å². The Balaban J connectivity index is 1.32. The molecule has 0 spiro atoms. The van der Waals surface area contributed by atoms with Gasteiger partial charge in [-0.3, -0.25) is 14.5 Å². The molecule has 1 fully saturated rings. The van der Waals surface area contributed by atoms with Gasteiger partial charge in [-0.15, -0.1) is 10.2 Å². The number of anilines is 1. The molecule has 3 aromatic rings. The lowest BCUT2D eigenvalue weighted by molar-refractivity contribution is -0.126. The van der Waals surface area contributed by atoms with Crippen LogP contribution in [0.25, 0.3) is 0 Å². The SMILES string of the molecule is Cn1ccnc1CCNC(=O)C1CC(=O)N(c2nnc(Cc3ccccc3)s2)C1. The maximum absolute atomic E-state index is 12.5. The molecule has 0 bridgehead atoms. The molecular weight excluding hydrogens is 388 g/mol. The predicted molar refractivity (Wildman–Crippen MR) is 110 cm³/mol. The number of nitrogens with zero attached hydrogens (tertiary/aromatic N) is 5. The van der Waals surface area contributed by atoms with Crippen molar-refractivity contribution < 1.29 is 9.59 Å². The Kier molecular flexibility index (Phi) is 5.66.